The third kappa shape index (κ3) is 3.26. The Morgan fingerprint density at radius 2 is 2.10 bits per heavy atom. The van der Waals surface area contributed by atoms with Gasteiger partial charge in [-0.2, -0.15) is 5.10 Å². The molecule has 8 heteroatoms. The summed E-state index contributed by atoms with van der Waals surface area (Å²) < 4.78 is 8.78. The lowest BCUT2D eigenvalue weighted by molar-refractivity contribution is -0.385. The highest BCUT2D eigenvalue weighted by atomic mass is 79.9. The lowest BCUT2D eigenvalue weighted by atomic mass is 10.3. The van der Waals surface area contributed by atoms with Gasteiger partial charge in [-0.1, -0.05) is 6.07 Å². The van der Waals surface area contributed by atoms with Crippen molar-refractivity contribution in [3.8, 4) is 5.75 Å². The molecule has 0 saturated heterocycles. The standard InChI is InChI=1S/C13H13Br2N3O3/c1-3-17-10(12(14)8(2)16-17)7-21-11-6-4-5-9(13(11)15)18(19)20/h4-6H,3,7H2,1-2H3. The van der Waals surface area contributed by atoms with Crippen molar-refractivity contribution in [1.82, 2.24) is 9.78 Å². The summed E-state index contributed by atoms with van der Waals surface area (Å²) in [6.45, 7) is 4.89. The molecule has 0 aliphatic heterocycles. The molecule has 2 rings (SSSR count). The molecule has 0 aliphatic rings. The fourth-order valence-electron chi connectivity index (χ4n) is 1.90. The third-order valence-corrected chi connectivity index (χ3v) is 4.79. The number of hydrogen-bond acceptors (Lipinski definition) is 4. The maximum atomic E-state index is 10.9. The van der Waals surface area contributed by atoms with Gasteiger partial charge in [-0.05, 0) is 51.8 Å². The molecular weight excluding hydrogens is 406 g/mol. The fraction of sp³-hybridized carbons (Fsp3) is 0.308. The maximum Gasteiger partial charge on any atom is 0.287 e. The average Bonchev–Trinajstić information content (AvgIpc) is 2.73. The van der Waals surface area contributed by atoms with Crippen LogP contribution in [-0.4, -0.2) is 14.7 Å². The number of halogens is 2. The number of nitro groups is 1. The Hall–Kier alpha value is -1.41. The summed E-state index contributed by atoms with van der Waals surface area (Å²) in [5.41, 5.74) is 1.76. The molecule has 0 unspecified atom stereocenters. The molecule has 112 valence electrons. The minimum atomic E-state index is -0.451. The Morgan fingerprint density at radius 1 is 1.38 bits per heavy atom. The van der Waals surface area contributed by atoms with E-state index in [-0.39, 0.29) is 12.3 Å². The molecule has 6 nitrogen and oxygen atoms in total. The van der Waals surface area contributed by atoms with E-state index in [0.29, 0.717) is 10.2 Å². The van der Waals surface area contributed by atoms with E-state index in [1.807, 2.05) is 18.5 Å². The van der Waals surface area contributed by atoms with E-state index in [1.165, 1.54) is 6.07 Å². The van der Waals surface area contributed by atoms with Crippen LogP contribution in [0.15, 0.2) is 27.1 Å². The highest BCUT2D eigenvalue weighted by molar-refractivity contribution is 9.11. The van der Waals surface area contributed by atoms with E-state index in [2.05, 4.69) is 37.0 Å². The van der Waals surface area contributed by atoms with Gasteiger partial charge in [0, 0.05) is 12.6 Å². The van der Waals surface area contributed by atoms with Gasteiger partial charge in [0.1, 0.15) is 16.8 Å². The van der Waals surface area contributed by atoms with Gasteiger partial charge in [-0.25, -0.2) is 0 Å². The lowest BCUT2D eigenvalue weighted by Gasteiger charge is -2.10. The first-order chi connectivity index (χ1) is 9.95. The van der Waals surface area contributed by atoms with Crippen LogP contribution in [0.25, 0.3) is 0 Å². The predicted molar refractivity (Wildman–Crippen MR) is 85.5 cm³/mol. The Kier molecular flexibility index (Phi) is 5.00. The second kappa shape index (κ2) is 6.57. The minimum Gasteiger partial charge on any atom is -0.486 e. The van der Waals surface area contributed by atoms with E-state index >= 15 is 0 Å². The minimum absolute atomic E-state index is 0.0215. The van der Waals surface area contributed by atoms with Crippen LogP contribution in [0.1, 0.15) is 18.3 Å². The summed E-state index contributed by atoms with van der Waals surface area (Å²) in [5, 5.41) is 15.3. The number of aryl methyl sites for hydroxylation is 2. The first-order valence-electron chi connectivity index (χ1n) is 6.23. The zero-order valence-corrected chi connectivity index (χ0v) is 14.6. The van der Waals surface area contributed by atoms with Crippen molar-refractivity contribution in [2.75, 3.05) is 0 Å². The van der Waals surface area contributed by atoms with Crippen molar-refractivity contribution < 1.29 is 9.66 Å². The van der Waals surface area contributed by atoms with Crippen molar-refractivity contribution in [3.05, 3.63) is 48.6 Å². The highest BCUT2D eigenvalue weighted by Gasteiger charge is 2.18. The summed E-state index contributed by atoms with van der Waals surface area (Å²) in [6.07, 6.45) is 0. The van der Waals surface area contributed by atoms with Gasteiger partial charge >= 0.3 is 0 Å². The average molecular weight is 419 g/mol. The molecule has 0 spiro atoms. The van der Waals surface area contributed by atoms with Gasteiger partial charge in [0.05, 0.1) is 20.8 Å². The number of nitro benzene ring substituents is 1. The van der Waals surface area contributed by atoms with E-state index in [0.717, 1.165) is 22.4 Å². The quantitative estimate of drug-likeness (QED) is 0.538. The lowest BCUT2D eigenvalue weighted by Crippen LogP contribution is -2.07. The second-order valence-corrected chi connectivity index (χ2v) is 5.88. The number of benzene rings is 1. The van der Waals surface area contributed by atoms with E-state index in [4.69, 9.17) is 4.74 Å². The van der Waals surface area contributed by atoms with Crippen molar-refractivity contribution in [2.45, 2.75) is 27.0 Å². The molecule has 1 aromatic heterocycles. The van der Waals surface area contributed by atoms with Gasteiger partial charge in [0.25, 0.3) is 5.69 Å². The van der Waals surface area contributed by atoms with Gasteiger partial charge in [0.15, 0.2) is 0 Å². The second-order valence-electron chi connectivity index (χ2n) is 4.30. The molecule has 0 saturated carbocycles. The summed E-state index contributed by atoms with van der Waals surface area (Å²) in [4.78, 5) is 10.5. The van der Waals surface area contributed by atoms with Crippen LogP contribution in [0.5, 0.6) is 5.75 Å². The number of ether oxygens (including phenoxy) is 1. The number of hydrogen-bond donors (Lipinski definition) is 0. The molecule has 1 aromatic carbocycles. The van der Waals surface area contributed by atoms with Crippen molar-refractivity contribution in [1.29, 1.82) is 0 Å². The van der Waals surface area contributed by atoms with Crippen LogP contribution < -0.4 is 4.74 Å². The van der Waals surface area contributed by atoms with Crippen LogP contribution in [0.3, 0.4) is 0 Å². The van der Waals surface area contributed by atoms with Crippen LogP contribution in [0.4, 0.5) is 5.69 Å². The van der Waals surface area contributed by atoms with Gasteiger partial charge in [0.2, 0.25) is 0 Å². The van der Waals surface area contributed by atoms with Crippen molar-refractivity contribution in [3.63, 3.8) is 0 Å². The predicted octanol–water partition coefficient (Wildman–Crippen LogP) is 4.22. The summed E-state index contributed by atoms with van der Waals surface area (Å²) in [6, 6.07) is 4.70. The van der Waals surface area contributed by atoms with Crippen LogP contribution >= 0.6 is 31.9 Å². The normalized spacial score (nSPS) is 10.7. The molecule has 0 aliphatic carbocycles. The van der Waals surface area contributed by atoms with Gasteiger partial charge < -0.3 is 4.74 Å². The van der Waals surface area contributed by atoms with E-state index < -0.39 is 4.92 Å². The van der Waals surface area contributed by atoms with Gasteiger partial charge in [-0.15, -0.1) is 0 Å². The molecule has 1 heterocycles. The largest absolute Gasteiger partial charge is 0.486 e. The summed E-state index contributed by atoms with van der Waals surface area (Å²) >= 11 is 6.70. The number of rotatable bonds is 5. The number of nitrogens with zero attached hydrogens (tertiary/aromatic N) is 3. The molecule has 0 fully saturated rings. The summed E-state index contributed by atoms with van der Waals surface area (Å²) in [7, 11) is 0. The van der Waals surface area contributed by atoms with Crippen LogP contribution in [0.2, 0.25) is 0 Å². The third-order valence-electron chi connectivity index (χ3n) is 2.96. The molecule has 0 bridgehead atoms. The number of aromatic nitrogens is 2. The molecule has 0 radical (unpaired) electrons. The Morgan fingerprint density at radius 3 is 2.71 bits per heavy atom. The van der Waals surface area contributed by atoms with E-state index in [1.54, 1.807) is 12.1 Å². The molecule has 0 amide bonds. The maximum absolute atomic E-state index is 10.9. The fourth-order valence-corrected chi connectivity index (χ4v) is 2.83. The highest BCUT2D eigenvalue weighted by Crippen LogP contribution is 2.34. The molecule has 0 atom stereocenters. The zero-order valence-electron chi connectivity index (χ0n) is 11.5. The Balaban J connectivity index is 2.25. The molecule has 2 aromatic rings. The molecule has 0 N–H and O–H groups in total. The Labute approximate surface area is 138 Å². The van der Waals surface area contributed by atoms with E-state index in [9.17, 15) is 10.1 Å². The van der Waals surface area contributed by atoms with Crippen LogP contribution in [-0.2, 0) is 13.2 Å². The van der Waals surface area contributed by atoms with Crippen LogP contribution in [0, 0.1) is 17.0 Å². The SMILES string of the molecule is CCn1nc(C)c(Br)c1COc1cccc([N+](=O)[O-])c1Br. The van der Waals surface area contributed by atoms with Crippen molar-refractivity contribution in [2.24, 2.45) is 0 Å². The smallest absolute Gasteiger partial charge is 0.287 e. The monoisotopic (exact) mass is 417 g/mol. The molecule has 21 heavy (non-hydrogen) atoms. The topological polar surface area (TPSA) is 70.2 Å². The first-order valence-corrected chi connectivity index (χ1v) is 7.81. The Bertz CT molecular complexity index is 686. The summed E-state index contributed by atoms with van der Waals surface area (Å²) in [5.74, 6) is 0.428. The first kappa shape index (κ1) is 16.0. The van der Waals surface area contributed by atoms with Crippen molar-refractivity contribution >= 4 is 37.5 Å². The van der Waals surface area contributed by atoms with Gasteiger partial charge in [-0.3, -0.25) is 14.8 Å². The molecular formula is C13H13Br2N3O3. The zero-order chi connectivity index (χ0) is 15.6.